The number of amides is 1. The molecule has 0 aliphatic heterocycles. The fourth-order valence-corrected chi connectivity index (χ4v) is 3.30. The van der Waals surface area contributed by atoms with Gasteiger partial charge in [-0.3, -0.25) is 4.79 Å². The summed E-state index contributed by atoms with van der Waals surface area (Å²) in [5.41, 5.74) is 13.1. The molecule has 0 aliphatic carbocycles. The normalized spacial score (nSPS) is 11.7. The molecular formula is C22H15F3N2O2. The van der Waals surface area contributed by atoms with Crippen LogP contribution in [0, 0.1) is 0 Å². The Morgan fingerprint density at radius 2 is 1.48 bits per heavy atom. The average molecular weight is 396 g/mol. The summed E-state index contributed by atoms with van der Waals surface area (Å²) in [7, 11) is 0. The number of furan rings is 1. The number of carbonyl (C=O) groups is 1. The predicted molar refractivity (Wildman–Crippen MR) is 105 cm³/mol. The molecule has 4 nitrogen and oxygen atoms in total. The molecule has 1 amide bonds. The molecule has 146 valence electrons. The van der Waals surface area contributed by atoms with Crippen molar-refractivity contribution in [3.63, 3.8) is 0 Å². The number of anilines is 1. The molecule has 0 aliphatic rings. The minimum atomic E-state index is -4.43. The second kappa shape index (κ2) is 6.70. The number of carbonyl (C=O) groups excluding carboxylic acids is 1. The molecule has 0 saturated heterocycles. The van der Waals surface area contributed by atoms with Crippen LogP contribution in [0.2, 0.25) is 0 Å². The Labute approximate surface area is 163 Å². The Morgan fingerprint density at radius 3 is 2.14 bits per heavy atom. The summed E-state index contributed by atoms with van der Waals surface area (Å²) >= 11 is 0. The van der Waals surface area contributed by atoms with E-state index in [0.717, 1.165) is 17.2 Å². The van der Waals surface area contributed by atoms with Crippen molar-refractivity contribution in [2.75, 3.05) is 5.73 Å². The van der Waals surface area contributed by atoms with Crippen LogP contribution in [0.25, 0.3) is 33.2 Å². The summed E-state index contributed by atoms with van der Waals surface area (Å²) < 4.78 is 45.2. The van der Waals surface area contributed by atoms with Gasteiger partial charge in [-0.15, -0.1) is 0 Å². The zero-order valence-corrected chi connectivity index (χ0v) is 15.0. The van der Waals surface area contributed by atoms with E-state index in [-0.39, 0.29) is 17.0 Å². The third-order valence-electron chi connectivity index (χ3n) is 4.71. The first-order valence-electron chi connectivity index (χ1n) is 8.64. The van der Waals surface area contributed by atoms with Gasteiger partial charge in [-0.2, -0.15) is 13.2 Å². The van der Waals surface area contributed by atoms with Gasteiger partial charge in [0.25, 0.3) is 5.91 Å². The molecule has 4 N–H and O–H groups in total. The maximum Gasteiger partial charge on any atom is 0.417 e. The SMILES string of the molecule is NC(=O)c1oc2cc(-c3ccc(-c4ccccc4C(F)(F)F)cc3)ccc2c1N. The van der Waals surface area contributed by atoms with Gasteiger partial charge < -0.3 is 15.9 Å². The number of nitrogens with two attached hydrogens (primary N) is 2. The van der Waals surface area contributed by atoms with E-state index in [0.29, 0.717) is 16.5 Å². The fraction of sp³-hybridized carbons (Fsp3) is 0.0455. The topological polar surface area (TPSA) is 82.2 Å². The number of hydrogen-bond donors (Lipinski definition) is 2. The summed E-state index contributed by atoms with van der Waals surface area (Å²) in [6.07, 6.45) is -4.43. The van der Waals surface area contributed by atoms with Gasteiger partial charge >= 0.3 is 6.18 Å². The lowest BCUT2D eigenvalue weighted by molar-refractivity contribution is -0.137. The van der Waals surface area contributed by atoms with Crippen LogP contribution in [0.5, 0.6) is 0 Å². The number of alkyl halides is 3. The van der Waals surface area contributed by atoms with E-state index in [1.165, 1.54) is 12.1 Å². The van der Waals surface area contributed by atoms with Gasteiger partial charge in [0, 0.05) is 5.39 Å². The average Bonchev–Trinajstić information content (AvgIpc) is 3.04. The lowest BCUT2D eigenvalue weighted by atomic mass is 9.96. The third-order valence-corrected chi connectivity index (χ3v) is 4.71. The van der Waals surface area contributed by atoms with Gasteiger partial charge in [0.1, 0.15) is 5.58 Å². The maximum atomic E-state index is 13.3. The summed E-state index contributed by atoms with van der Waals surface area (Å²) in [5.74, 6) is -0.857. The standard InChI is InChI=1S/C22H15F3N2O2/c23-22(24,25)17-4-2-1-3-15(17)13-7-5-12(6-8-13)14-9-10-16-18(11-14)29-20(19(16)26)21(27)28/h1-11H,26H2,(H2,27,28). The quantitative estimate of drug-likeness (QED) is 0.482. The van der Waals surface area contributed by atoms with Crippen LogP contribution < -0.4 is 11.5 Å². The highest BCUT2D eigenvalue weighted by Gasteiger charge is 2.33. The van der Waals surface area contributed by atoms with Crippen molar-refractivity contribution in [1.29, 1.82) is 0 Å². The first-order chi connectivity index (χ1) is 13.8. The van der Waals surface area contributed by atoms with Gasteiger partial charge in [-0.25, -0.2) is 0 Å². The Balaban J connectivity index is 1.73. The molecule has 0 bridgehead atoms. The van der Waals surface area contributed by atoms with Crippen LogP contribution in [-0.4, -0.2) is 5.91 Å². The van der Waals surface area contributed by atoms with Crippen molar-refractivity contribution in [3.05, 3.63) is 78.1 Å². The highest BCUT2D eigenvalue weighted by Crippen LogP contribution is 2.38. The van der Waals surface area contributed by atoms with Gasteiger partial charge in [-0.1, -0.05) is 48.5 Å². The van der Waals surface area contributed by atoms with E-state index in [4.69, 9.17) is 15.9 Å². The maximum absolute atomic E-state index is 13.3. The number of fused-ring (bicyclic) bond motifs is 1. The van der Waals surface area contributed by atoms with Gasteiger partial charge in [-0.05, 0) is 40.5 Å². The number of primary amides is 1. The molecule has 0 saturated carbocycles. The molecule has 1 heterocycles. The molecule has 3 aromatic carbocycles. The zero-order chi connectivity index (χ0) is 20.8. The minimum Gasteiger partial charge on any atom is -0.449 e. The first kappa shape index (κ1) is 18.6. The summed E-state index contributed by atoms with van der Waals surface area (Å²) in [6.45, 7) is 0. The van der Waals surface area contributed by atoms with Gasteiger partial charge in [0.05, 0.1) is 11.3 Å². The molecule has 4 rings (SSSR count). The summed E-state index contributed by atoms with van der Waals surface area (Å²) in [6, 6.07) is 17.4. The molecule has 29 heavy (non-hydrogen) atoms. The third kappa shape index (κ3) is 3.31. The van der Waals surface area contributed by atoms with Crippen molar-refractivity contribution in [3.8, 4) is 22.3 Å². The Hall–Kier alpha value is -3.74. The molecule has 0 spiro atoms. The number of rotatable bonds is 3. The highest BCUT2D eigenvalue weighted by atomic mass is 19.4. The smallest absolute Gasteiger partial charge is 0.417 e. The molecular weight excluding hydrogens is 381 g/mol. The van der Waals surface area contributed by atoms with Crippen LogP contribution in [0.3, 0.4) is 0 Å². The van der Waals surface area contributed by atoms with Crippen molar-refractivity contribution in [2.24, 2.45) is 5.73 Å². The molecule has 0 atom stereocenters. The van der Waals surface area contributed by atoms with Crippen molar-refractivity contribution < 1.29 is 22.4 Å². The molecule has 0 fully saturated rings. The summed E-state index contributed by atoms with van der Waals surface area (Å²) in [4.78, 5) is 11.4. The molecule has 7 heteroatoms. The minimum absolute atomic E-state index is 0.101. The van der Waals surface area contributed by atoms with Crippen LogP contribution >= 0.6 is 0 Å². The Morgan fingerprint density at radius 1 is 0.862 bits per heavy atom. The van der Waals surface area contributed by atoms with E-state index in [1.807, 2.05) is 0 Å². The van der Waals surface area contributed by atoms with Crippen LogP contribution in [0.15, 0.2) is 71.1 Å². The number of benzene rings is 3. The molecule has 4 aromatic rings. The van der Waals surface area contributed by atoms with Gasteiger partial charge in [0.2, 0.25) is 5.76 Å². The molecule has 0 unspecified atom stereocenters. The number of nitrogen functional groups attached to an aromatic ring is 1. The predicted octanol–water partition coefficient (Wildman–Crippen LogP) is 5.47. The van der Waals surface area contributed by atoms with E-state index in [1.54, 1.807) is 48.5 Å². The fourth-order valence-electron chi connectivity index (χ4n) is 3.30. The second-order valence-corrected chi connectivity index (χ2v) is 6.54. The molecule has 1 aromatic heterocycles. The largest absolute Gasteiger partial charge is 0.449 e. The van der Waals surface area contributed by atoms with E-state index < -0.39 is 17.6 Å². The number of halogens is 3. The van der Waals surface area contributed by atoms with Gasteiger partial charge in [0.15, 0.2) is 0 Å². The molecule has 0 radical (unpaired) electrons. The second-order valence-electron chi connectivity index (χ2n) is 6.54. The first-order valence-corrected chi connectivity index (χ1v) is 8.64. The van der Waals surface area contributed by atoms with E-state index in [2.05, 4.69) is 0 Å². The summed E-state index contributed by atoms with van der Waals surface area (Å²) in [5, 5.41) is 0.568. The van der Waals surface area contributed by atoms with E-state index in [9.17, 15) is 18.0 Å². The van der Waals surface area contributed by atoms with Crippen LogP contribution in [-0.2, 0) is 6.18 Å². The van der Waals surface area contributed by atoms with Crippen molar-refractivity contribution >= 4 is 22.6 Å². The van der Waals surface area contributed by atoms with Crippen molar-refractivity contribution in [1.82, 2.24) is 0 Å². The number of hydrogen-bond acceptors (Lipinski definition) is 3. The van der Waals surface area contributed by atoms with Crippen molar-refractivity contribution in [2.45, 2.75) is 6.18 Å². The zero-order valence-electron chi connectivity index (χ0n) is 15.0. The van der Waals surface area contributed by atoms with Crippen LogP contribution in [0.4, 0.5) is 18.9 Å². The lowest BCUT2D eigenvalue weighted by Gasteiger charge is -2.13. The lowest BCUT2D eigenvalue weighted by Crippen LogP contribution is -2.11. The Kier molecular flexibility index (Phi) is 4.30. The monoisotopic (exact) mass is 396 g/mol. The van der Waals surface area contributed by atoms with Crippen LogP contribution in [0.1, 0.15) is 16.1 Å². The van der Waals surface area contributed by atoms with E-state index >= 15 is 0 Å². The highest BCUT2D eigenvalue weighted by molar-refractivity contribution is 6.05. The Bertz CT molecular complexity index is 1230.